The van der Waals surface area contributed by atoms with E-state index in [0.29, 0.717) is 46.0 Å². The first-order valence-corrected chi connectivity index (χ1v) is 14.5. The lowest BCUT2D eigenvalue weighted by atomic mass is 9.88. The Bertz CT molecular complexity index is 1590. The van der Waals surface area contributed by atoms with Gasteiger partial charge in [0.05, 0.1) is 23.3 Å². The van der Waals surface area contributed by atoms with E-state index in [1.807, 2.05) is 25.9 Å². The van der Waals surface area contributed by atoms with Crippen molar-refractivity contribution < 1.29 is 22.4 Å². The average molecular weight is 566 g/mol. The minimum absolute atomic E-state index is 0.243. The highest BCUT2D eigenvalue weighted by Crippen LogP contribution is 2.37. The van der Waals surface area contributed by atoms with Crippen LogP contribution in [0.3, 0.4) is 0 Å². The number of aryl methyl sites for hydroxylation is 1. The zero-order chi connectivity index (χ0) is 29.2. The van der Waals surface area contributed by atoms with Crippen molar-refractivity contribution in [1.29, 1.82) is 0 Å². The Balaban J connectivity index is 1.81. The van der Waals surface area contributed by atoms with Crippen molar-refractivity contribution in [2.45, 2.75) is 12.8 Å². The molecule has 0 bridgehead atoms. The maximum atomic E-state index is 13.9. The lowest BCUT2D eigenvalue weighted by Crippen LogP contribution is -2.35. The van der Waals surface area contributed by atoms with Gasteiger partial charge >= 0.3 is 0 Å². The molecule has 3 aromatic rings. The summed E-state index contributed by atoms with van der Waals surface area (Å²) in [7, 11) is 1.77. The third-order valence-corrected chi connectivity index (χ3v) is 7.84. The van der Waals surface area contributed by atoms with E-state index in [1.165, 1.54) is 16.4 Å². The van der Waals surface area contributed by atoms with Crippen LogP contribution in [0.25, 0.3) is 0 Å². The molecule has 0 fully saturated rings. The molecule has 3 aromatic carbocycles. The second kappa shape index (κ2) is 11.6. The number of aliphatic imine (C=N–C) groups is 1. The van der Waals surface area contributed by atoms with Gasteiger partial charge in [0.25, 0.3) is 5.91 Å². The highest BCUT2D eigenvalue weighted by atomic mass is 32.2. The normalized spacial score (nSPS) is 15.1. The summed E-state index contributed by atoms with van der Waals surface area (Å²) < 4.78 is 40.2. The van der Waals surface area contributed by atoms with Crippen molar-refractivity contribution in [1.82, 2.24) is 10.2 Å². The number of hydrogen-bond donors (Lipinski definition) is 2. The lowest BCUT2D eigenvalue weighted by molar-refractivity contribution is -0.115. The first-order valence-electron chi connectivity index (χ1n) is 12.6. The maximum Gasteiger partial charge on any atom is 0.251 e. The van der Waals surface area contributed by atoms with E-state index < -0.39 is 21.8 Å². The largest absolute Gasteiger partial charge is 0.355 e. The number of benzene rings is 3. The SMILES string of the molecule is CNC(=O)c1ccc(C(=Nc2ccc(N(CCN(C)C)S(C)(=O)=O)cc2)C2C(=O)Nc3cc(F)ccc32)c(C)c1. The highest BCUT2D eigenvalue weighted by molar-refractivity contribution is 7.92. The zero-order valence-corrected chi connectivity index (χ0v) is 23.8. The molecule has 4 rings (SSSR count). The molecule has 0 aliphatic carbocycles. The van der Waals surface area contributed by atoms with Crippen LogP contribution in [0, 0.1) is 12.7 Å². The second-order valence-electron chi connectivity index (χ2n) is 9.91. The van der Waals surface area contributed by atoms with Crippen molar-refractivity contribution >= 4 is 44.6 Å². The van der Waals surface area contributed by atoms with E-state index in [-0.39, 0.29) is 18.4 Å². The number of amides is 2. The molecule has 1 aliphatic rings. The smallest absolute Gasteiger partial charge is 0.251 e. The number of nitrogens with zero attached hydrogens (tertiary/aromatic N) is 3. The highest BCUT2D eigenvalue weighted by Gasteiger charge is 2.36. The Morgan fingerprint density at radius 3 is 2.35 bits per heavy atom. The standard InChI is InChI=1S/C29H32FN5O4S/c1-18-16-19(28(36)31-2)6-12-23(18)27(26-24-13-7-20(30)17-25(24)33-29(26)37)32-21-8-10-22(11-9-21)35(40(5,38)39)15-14-34(3)4/h6-13,16-17,26H,14-15H2,1-5H3,(H,31,36)(H,33,37). The number of hydrogen-bond acceptors (Lipinski definition) is 6. The molecule has 0 spiro atoms. The fourth-order valence-electron chi connectivity index (χ4n) is 4.63. The van der Waals surface area contributed by atoms with Gasteiger partial charge in [0, 0.05) is 37.0 Å². The van der Waals surface area contributed by atoms with Crippen molar-refractivity contribution in [3.05, 3.63) is 88.7 Å². The number of rotatable bonds is 9. The quantitative estimate of drug-likeness (QED) is 0.385. The summed E-state index contributed by atoms with van der Waals surface area (Å²) in [5, 5.41) is 5.34. The van der Waals surface area contributed by atoms with E-state index in [1.54, 1.807) is 55.6 Å². The van der Waals surface area contributed by atoms with Crippen LogP contribution in [0.5, 0.6) is 0 Å². The van der Waals surface area contributed by atoms with Crippen LogP contribution < -0.4 is 14.9 Å². The van der Waals surface area contributed by atoms with Gasteiger partial charge in [0.15, 0.2) is 0 Å². The predicted molar refractivity (Wildman–Crippen MR) is 156 cm³/mol. The summed E-state index contributed by atoms with van der Waals surface area (Å²) in [6, 6.07) is 16.0. The Morgan fingerprint density at radius 2 is 1.75 bits per heavy atom. The number of sulfonamides is 1. The van der Waals surface area contributed by atoms with Crippen LogP contribution >= 0.6 is 0 Å². The van der Waals surface area contributed by atoms with Crippen molar-refractivity contribution in [3.8, 4) is 0 Å². The van der Waals surface area contributed by atoms with E-state index in [2.05, 4.69) is 10.6 Å². The Kier molecular flexibility index (Phi) is 8.36. The van der Waals surface area contributed by atoms with Gasteiger partial charge in [-0.3, -0.25) is 18.9 Å². The molecule has 0 aromatic heterocycles. The number of nitrogens with one attached hydrogen (secondary N) is 2. The van der Waals surface area contributed by atoms with Gasteiger partial charge < -0.3 is 15.5 Å². The van der Waals surface area contributed by atoms with Crippen LogP contribution in [-0.4, -0.2) is 71.3 Å². The van der Waals surface area contributed by atoms with Crippen molar-refractivity contribution in [3.63, 3.8) is 0 Å². The molecule has 0 radical (unpaired) electrons. The van der Waals surface area contributed by atoms with Crippen molar-refractivity contribution in [2.24, 2.45) is 4.99 Å². The Morgan fingerprint density at radius 1 is 1.05 bits per heavy atom. The molecule has 11 heteroatoms. The van der Waals surface area contributed by atoms with E-state index in [9.17, 15) is 22.4 Å². The molecule has 2 amide bonds. The van der Waals surface area contributed by atoms with Gasteiger partial charge in [-0.15, -0.1) is 0 Å². The lowest BCUT2D eigenvalue weighted by Gasteiger charge is -2.24. The fourth-order valence-corrected chi connectivity index (χ4v) is 5.55. The number of halogens is 1. The van der Waals surface area contributed by atoms with Gasteiger partial charge in [0.2, 0.25) is 15.9 Å². The molecule has 40 heavy (non-hydrogen) atoms. The van der Waals surface area contributed by atoms with Crippen LogP contribution in [0.15, 0.2) is 65.7 Å². The van der Waals surface area contributed by atoms with Gasteiger partial charge in [0.1, 0.15) is 11.7 Å². The summed E-state index contributed by atoms with van der Waals surface area (Å²) in [6.45, 7) is 2.65. The molecule has 1 unspecified atom stereocenters. The molecule has 0 saturated carbocycles. The first kappa shape index (κ1) is 28.9. The zero-order valence-electron chi connectivity index (χ0n) is 23.0. The first-order chi connectivity index (χ1) is 18.9. The van der Waals surface area contributed by atoms with Gasteiger partial charge in [-0.2, -0.15) is 0 Å². The van der Waals surface area contributed by atoms with Gasteiger partial charge in [-0.05, 0) is 80.7 Å². The average Bonchev–Trinajstić information content (AvgIpc) is 3.21. The van der Waals surface area contributed by atoms with Gasteiger partial charge in [-0.1, -0.05) is 12.1 Å². The van der Waals surface area contributed by atoms with Crippen LogP contribution in [-0.2, 0) is 14.8 Å². The summed E-state index contributed by atoms with van der Waals surface area (Å²) >= 11 is 0. The van der Waals surface area contributed by atoms with E-state index in [4.69, 9.17) is 4.99 Å². The molecule has 1 atom stereocenters. The molecule has 1 aliphatic heterocycles. The number of likely N-dealkylation sites (N-methyl/N-ethyl adjacent to an activating group) is 1. The van der Waals surface area contributed by atoms with E-state index >= 15 is 0 Å². The van der Waals surface area contributed by atoms with Gasteiger partial charge in [-0.25, -0.2) is 12.8 Å². The van der Waals surface area contributed by atoms with Crippen molar-refractivity contribution in [2.75, 3.05) is 50.1 Å². The topological polar surface area (TPSA) is 111 Å². The molecule has 9 nitrogen and oxygen atoms in total. The van der Waals surface area contributed by atoms with Crippen LogP contribution in [0.1, 0.15) is 33.0 Å². The third-order valence-electron chi connectivity index (χ3n) is 6.65. The number of fused-ring (bicyclic) bond motifs is 1. The van der Waals surface area contributed by atoms with E-state index in [0.717, 1.165) is 11.8 Å². The molecule has 210 valence electrons. The minimum Gasteiger partial charge on any atom is -0.355 e. The summed E-state index contributed by atoms with van der Waals surface area (Å²) in [4.78, 5) is 32.2. The molecule has 0 saturated heterocycles. The van der Waals surface area contributed by atoms with Crippen LogP contribution in [0.4, 0.5) is 21.5 Å². The number of carbonyl (C=O) groups is 2. The summed E-state index contributed by atoms with van der Waals surface area (Å²) in [5.74, 6) is -1.89. The second-order valence-corrected chi connectivity index (χ2v) is 11.8. The molecule has 2 N–H and O–H groups in total. The van der Waals surface area contributed by atoms with Crippen LogP contribution in [0.2, 0.25) is 0 Å². The summed E-state index contributed by atoms with van der Waals surface area (Å²) in [6.07, 6.45) is 1.16. The molecular weight excluding hydrogens is 533 g/mol. The maximum absolute atomic E-state index is 13.9. The number of carbonyl (C=O) groups excluding carboxylic acids is 2. The molecular formula is C29H32FN5O4S. The predicted octanol–water partition coefficient (Wildman–Crippen LogP) is 3.68. The summed E-state index contributed by atoms with van der Waals surface area (Å²) in [5.41, 5.74) is 4.22. The Labute approximate surface area is 233 Å². The third kappa shape index (κ3) is 6.21. The fraction of sp³-hybridized carbons (Fsp3) is 0.276. The minimum atomic E-state index is -3.51. The number of anilines is 2. The Hall–Kier alpha value is -4.09. The molecule has 1 heterocycles. The monoisotopic (exact) mass is 565 g/mol.